The number of hydrogen-bond donors (Lipinski definition) is 2. The maximum Gasteiger partial charge on any atom is 0.438 e. The van der Waals surface area contributed by atoms with E-state index in [1.807, 2.05) is 17.5 Å². The summed E-state index contributed by atoms with van der Waals surface area (Å²) in [6.45, 7) is 2.03. The molecule has 1 aliphatic carbocycles. The van der Waals surface area contributed by atoms with Crippen LogP contribution in [0.5, 0.6) is 0 Å². The lowest BCUT2D eigenvalue weighted by Crippen LogP contribution is -2.50. The Morgan fingerprint density at radius 3 is 2.54 bits per heavy atom. The molecule has 0 spiro atoms. The molecule has 2 aliphatic rings. The average molecular weight is 406 g/mol. The number of aromatic nitrogens is 2. The van der Waals surface area contributed by atoms with Crippen LogP contribution in [0, 0.1) is 0 Å². The zero-order valence-corrected chi connectivity index (χ0v) is 16.7. The average Bonchev–Trinajstić information content (AvgIpc) is 3.34. The van der Waals surface area contributed by atoms with E-state index >= 15 is 0 Å². The first-order chi connectivity index (χ1) is 13.7. The highest BCUT2D eigenvalue weighted by molar-refractivity contribution is 7.13. The van der Waals surface area contributed by atoms with Crippen molar-refractivity contribution in [2.75, 3.05) is 13.1 Å². The van der Waals surface area contributed by atoms with Crippen molar-refractivity contribution in [3.63, 3.8) is 0 Å². The van der Waals surface area contributed by atoms with E-state index in [0.29, 0.717) is 18.6 Å². The Morgan fingerprint density at radius 2 is 1.86 bits per heavy atom. The van der Waals surface area contributed by atoms with Crippen LogP contribution in [0.1, 0.15) is 44.9 Å². The van der Waals surface area contributed by atoms with Gasteiger partial charge in [-0.1, -0.05) is 25.3 Å². The topological polar surface area (TPSA) is 92.4 Å². The molecule has 2 aromatic rings. The number of likely N-dealkylation sites (tertiary alicyclic amines) is 1. The third-order valence-electron chi connectivity index (χ3n) is 5.54. The number of nitrogens with one attached hydrogen (secondary N) is 2. The summed E-state index contributed by atoms with van der Waals surface area (Å²) < 4.78 is 6.63. The third kappa shape index (κ3) is 4.82. The summed E-state index contributed by atoms with van der Waals surface area (Å²) in [5, 5.41) is 12.4. The van der Waals surface area contributed by atoms with Crippen LogP contribution >= 0.6 is 11.3 Å². The lowest BCUT2D eigenvalue weighted by Gasteiger charge is -2.32. The minimum absolute atomic E-state index is 0.0429. The Kier molecular flexibility index (Phi) is 6.11. The van der Waals surface area contributed by atoms with Gasteiger partial charge in [0, 0.05) is 25.2 Å². The molecular formula is C19H27N5O3S. The third-order valence-corrected chi connectivity index (χ3v) is 6.39. The molecule has 1 saturated carbocycles. The standard InChI is InChI=1S/C19H27N5O3S/c25-18(20-14-5-2-1-3-6-14)21-15-8-10-23(11-9-15)13-24-19(26)27-17(22-24)16-7-4-12-28-16/h4,7,12,14-15H,1-3,5-6,8-11,13H2,(H2,20,21,25). The first-order valence-corrected chi connectivity index (χ1v) is 11.0. The molecule has 2 aromatic heterocycles. The van der Waals surface area contributed by atoms with Gasteiger partial charge in [0.1, 0.15) is 6.67 Å². The smallest absolute Gasteiger partial charge is 0.387 e. The van der Waals surface area contributed by atoms with E-state index in [4.69, 9.17) is 4.42 Å². The molecule has 2 N–H and O–H groups in total. The molecule has 1 saturated heterocycles. The second kappa shape index (κ2) is 8.91. The van der Waals surface area contributed by atoms with Crippen LogP contribution in [0.15, 0.2) is 26.7 Å². The lowest BCUT2D eigenvalue weighted by atomic mass is 9.96. The number of hydrogen-bond acceptors (Lipinski definition) is 6. The SMILES string of the molecule is O=C(NC1CCCCC1)NC1CCN(Cn2nc(-c3cccs3)oc2=O)CC1. The van der Waals surface area contributed by atoms with Gasteiger partial charge in [0.25, 0.3) is 5.89 Å². The van der Waals surface area contributed by atoms with Gasteiger partial charge < -0.3 is 15.1 Å². The van der Waals surface area contributed by atoms with E-state index in [2.05, 4.69) is 20.6 Å². The van der Waals surface area contributed by atoms with Gasteiger partial charge in [-0.25, -0.2) is 9.59 Å². The van der Waals surface area contributed by atoms with Gasteiger partial charge in [-0.2, -0.15) is 4.68 Å². The number of piperidine rings is 1. The molecule has 3 heterocycles. The zero-order chi connectivity index (χ0) is 19.3. The molecule has 0 bridgehead atoms. The molecule has 152 valence electrons. The maximum absolute atomic E-state index is 12.2. The Balaban J connectivity index is 1.23. The predicted molar refractivity (Wildman–Crippen MR) is 107 cm³/mol. The molecule has 9 heteroatoms. The van der Waals surface area contributed by atoms with E-state index < -0.39 is 5.76 Å². The van der Waals surface area contributed by atoms with Gasteiger partial charge in [-0.05, 0) is 37.1 Å². The van der Waals surface area contributed by atoms with E-state index in [0.717, 1.165) is 43.6 Å². The number of carbonyl (C=O) groups is 1. The van der Waals surface area contributed by atoms with Crippen molar-refractivity contribution in [2.24, 2.45) is 0 Å². The molecule has 2 amide bonds. The number of nitrogens with zero attached hydrogens (tertiary/aromatic N) is 3. The predicted octanol–water partition coefficient (Wildman–Crippen LogP) is 2.62. The molecule has 0 aromatic carbocycles. The minimum atomic E-state index is -0.435. The van der Waals surface area contributed by atoms with Gasteiger partial charge >= 0.3 is 11.8 Å². The van der Waals surface area contributed by atoms with Gasteiger partial charge in [0.05, 0.1) is 4.88 Å². The van der Waals surface area contributed by atoms with Crippen molar-refractivity contribution in [2.45, 2.75) is 63.7 Å². The fourth-order valence-corrected chi connectivity index (χ4v) is 4.61. The lowest BCUT2D eigenvalue weighted by molar-refractivity contribution is 0.148. The summed E-state index contributed by atoms with van der Waals surface area (Å²) in [7, 11) is 0. The van der Waals surface area contributed by atoms with Crippen LogP contribution < -0.4 is 16.4 Å². The van der Waals surface area contributed by atoms with Crippen LogP contribution in [0.3, 0.4) is 0 Å². The second-order valence-corrected chi connectivity index (χ2v) is 8.58. The van der Waals surface area contributed by atoms with Gasteiger partial charge in [0.15, 0.2) is 0 Å². The Morgan fingerprint density at radius 1 is 1.14 bits per heavy atom. The minimum Gasteiger partial charge on any atom is -0.387 e. The fourth-order valence-electron chi connectivity index (χ4n) is 3.96. The van der Waals surface area contributed by atoms with Crippen molar-refractivity contribution in [1.82, 2.24) is 25.3 Å². The van der Waals surface area contributed by atoms with E-state index in [-0.39, 0.29) is 12.1 Å². The number of rotatable bonds is 5. The summed E-state index contributed by atoms with van der Waals surface area (Å²) in [4.78, 5) is 27.3. The first kappa shape index (κ1) is 19.2. The number of thiophene rings is 1. The monoisotopic (exact) mass is 405 g/mol. The van der Waals surface area contributed by atoms with Gasteiger partial charge in [-0.3, -0.25) is 4.90 Å². The first-order valence-electron chi connectivity index (χ1n) is 10.1. The molecule has 1 aliphatic heterocycles. The van der Waals surface area contributed by atoms with Crippen LogP contribution in [0.4, 0.5) is 4.79 Å². The van der Waals surface area contributed by atoms with Crippen LogP contribution in [0.25, 0.3) is 10.8 Å². The molecule has 0 unspecified atom stereocenters. The summed E-state index contributed by atoms with van der Waals surface area (Å²) in [6.07, 6.45) is 7.60. The Labute approximate surface area is 167 Å². The summed E-state index contributed by atoms with van der Waals surface area (Å²) in [5.74, 6) is -0.0635. The van der Waals surface area contributed by atoms with Crippen LogP contribution in [-0.2, 0) is 6.67 Å². The Hall–Kier alpha value is -2.13. The van der Waals surface area contributed by atoms with Crippen LogP contribution in [0.2, 0.25) is 0 Å². The number of carbonyl (C=O) groups excluding carboxylic acids is 1. The molecule has 2 fully saturated rings. The second-order valence-electron chi connectivity index (χ2n) is 7.64. The normalized spacial score (nSPS) is 19.6. The molecule has 0 atom stereocenters. The van der Waals surface area contributed by atoms with Crippen molar-refractivity contribution >= 4 is 17.4 Å². The van der Waals surface area contributed by atoms with Crippen molar-refractivity contribution in [3.8, 4) is 10.8 Å². The molecule has 8 nitrogen and oxygen atoms in total. The highest BCUT2D eigenvalue weighted by atomic mass is 32.1. The van der Waals surface area contributed by atoms with E-state index in [9.17, 15) is 9.59 Å². The van der Waals surface area contributed by atoms with E-state index in [1.165, 1.54) is 35.3 Å². The fraction of sp³-hybridized carbons (Fsp3) is 0.632. The maximum atomic E-state index is 12.2. The summed E-state index contributed by atoms with van der Waals surface area (Å²) in [6, 6.07) is 4.25. The number of amides is 2. The van der Waals surface area contributed by atoms with Gasteiger partial charge in [-0.15, -0.1) is 16.4 Å². The largest absolute Gasteiger partial charge is 0.438 e. The summed E-state index contributed by atoms with van der Waals surface area (Å²) in [5.41, 5.74) is 0. The van der Waals surface area contributed by atoms with Crippen molar-refractivity contribution in [1.29, 1.82) is 0 Å². The zero-order valence-electron chi connectivity index (χ0n) is 15.9. The van der Waals surface area contributed by atoms with Crippen molar-refractivity contribution in [3.05, 3.63) is 28.1 Å². The molecule has 0 radical (unpaired) electrons. The van der Waals surface area contributed by atoms with Crippen molar-refractivity contribution < 1.29 is 9.21 Å². The number of urea groups is 1. The highest BCUT2D eigenvalue weighted by Crippen LogP contribution is 2.21. The molecule has 28 heavy (non-hydrogen) atoms. The quantitative estimate of drug-likeness (QED) is 0.798. The van der Waals surface area contributed by atoms with Gasteiger partial charge in [0.2, 0.25) is 0 Å². The molecular weight excluding hydrogens is 378 g/mol. The highest BCUT2D eigenvalue weighted by Gasteiger charge is 2.23. The summed E-state index contributed by atoms with van der Waals surface area (Å²) >= 11 is 1.49. The Bertz CT molecular complexity index is 817. The van der Waals surface area contributed by atoms with E-state index in [1.54, 1.807) is 0 Å². The molecule has 4 rings (SSSR count). The van der Waals surface area contributed by atoms with Crippen LogP contribution in [-0.4, -0.2) is 45.9 Å².